The van der Waals surface area contributed by atoms with Gasteiger partial charge in [0.1, 0.15) is 5.65 Å². The number of nitrogens with zero attached hydrogens (tertiary/aromatic N) is 2. The average molecular weight is 182 g/mol. The number of alkyl halides is 2. The summed E-state index contributed by atoms with van der Waals surface area (Å²) in [6.45, 7) is 0.880. The lowest BCUT2D eigenvalue weighted by atomic mass is 10.2. The van der Waals surface area contributed by atoms with Crippen LogP contribution in [0.15, 0.2) is 30.7 Å². The fourth-order valence-electron chi connectivity index (χ4n) is 1.18. The maximum atomic E-state index is 12.9. The first-order valence-corrected chi connectivity index (χ1v) is 3.88. The summed E-state index contributed by atoms with van der Waals surface area (Å²) < 4.78 is 27.3. The highest BCUT2D eigenvalue weighted by molar-refractivity contribution is 5.40. The summed E-state index contributed by atoms with van der Waals surface area (Å²) in [6.07, 6.45) is 4.61. The molecule has 0 radical (unpaired) electrons. The zero-order chi connectivity index (χ0) is 9.47. The first kappa shape index (κ1) is 8.16. The van der Waals surface area contributed by atoms with Gasteiger partial charge >= 0.3 is 0 Å². The molecule has 2 aromatic rings. The number of fused-ring (bicyclic) bond motifs is 1. The van der Waals surface area contributed by atoms with Crippen LogP contribution in [-0.2, 0) is 5.92 Å². The van der Waals surface area contributed by atoms with E-state index < -0.39 is 5.92 Å². The van der Waals surface area contributed by atoms with Gasteiger partial charge < -0.3 is 4.40 Å². The Morgan fingerprint density at radius 1 is 1.38 bits per heavy atom. The molecule has 2 heterocycles. The second-order valence-corrected chi connectivity index (χ2v) is 3.00. The molecule has 0 saturated heterocycles. The van der Waals surface area contributed by atoms with Gasteiger partial charge in [0, 0.05) is 31.1 Å². The van der Waals surface area contributed by atoms with Crippen LogP contribution in [0.1, 0.15) is 12.5 Å². The van der Waals surface area contributed by atoms with E-state index in [1.165, 1.54) is 12.3 Å². The van der Waals surface area contributed by atoms with E-state index in [1.54, 1.807) is 22.9 Å². The summed E-state index contributed by atoms with van der Waals surface area (Å²) in [4.78, 5) is 3.96. The summed E-state index contributed by atoms with van der Waals surface area (Å²) in [5.41, 5.74) is 0.672. The summed E-state index contributed by atoms with van der Waals surface area (Å²) in [5, 5.41) is 0. The van der Waals surface area contributed by atoms with Crippen LogP contribution in [0.3, 0.4) is 0 Å². The smallest absolute Gasteiger partial charge is 0.271 e. The monoisotopic (exact) mass is 182 g/mol. The van der Waals surface area contributed by atoms with E-state index in [1.807, 2.05) is 0 Å². The number of imidazole rings is 1. The molecule has 2 aromatic heterocycles. The quantitative estimate of drug-likeness (QED) is 0.662. The highest BCUT2D eigenvalue weighted by Gasteiger charge is 2.24. The van der Waals surface area contributed by atoms with Crippen molar-refractivity contribution in [3.63, 3.8) is 0 Å². The van der Waals surface area contributed by atoms with Crippen molar-refractivity contribution in [2.45, 2.75) is 12.8 Å². The fraction of sp³-hybridized carbons (Fsp3) is 0.222. The molecular formula is C9H8F2N2. The van der Waals surface area contributed by atoms with Gasteiger partial charge in [-0.3, -0.25) is 0 Å². The number of hydrogen-bond acceptors (Lipinski definition) is 1. The molecular weight excluding hydrogens is 174 g/mol. The van der Waals surface area contributed by atoms with Gasteiger partial charge in [0.2, 0.25) is 0 Å². The van der Waals surface area contributed by atoms with Crippen molar-refractivity contribution >= 4 is 5.65 Å². The molecule has 0 saturated carbocycles. The molecule has 2 rings (SSSR count). The minimum atomic E-state index is -2.79. The Morgan fingerprint density at radius 2 is 2.15 bits per heavy atom. The predicted molar refractivity (Wildman–Crippen MR) is 44.8 cm³/mol. The van der Waals surface area contributed by atoms with E-state index in [9.17, 15) is 8.78 Å². The van der Waals surface area contributed by atoms with E-state index in [0.717, 1.165) is 6.92 Å². The Kier molecular flexibility index (Phi) is 1.58. The fourth-order valence-corrected chi connectivity index (χ4v) is 1.18. The molecule has 0 atom stereocenters. The first-order valence-electron chi connectivity index (χ1n) is 3.88. The van der Waals surface area contributed by atoms with Crippen molar-refractivity contribution in [3.8, 4) is 0 Å². The molecule has 0 aromatic carbocycles. The molecule has 68 valence electrons. The second kappa shape index (κ2) is 2.52. The highest BCUT2D eigenvalue weighted by atomic mass is 19.3. The van der Waals surface area contributed by atoms with Crippen molar-refractivity contribution in [2.75, 3.05) is 0 Å². The standard InChI is InChI=1S/C9H8F2N2/c1-9(10,11)7-2-3-8-12-4-5-13(8)6-7/h2-6H,1H3. The predicted octanol–water partition coefficient (Wildman–Crippen LogP) is 2.45. The van der Waals surface area contributed by atoms with Crippen LogP contribution in [0.4, 0.5) is 8.78 Å². The van der Waals surface area contributed by atoms with Crippen LogP contribution >= 0.6 is 0 Å². The van der Waals surface area contributed by atoms with Gasteiger partial charge in [-0.2, -0.15) is 0 Å². The highest BCUT2D eigenvalue weighted by Crippen LogP contribution is 2.26. The summed E-state index contributed by atoms with van der Waals surface area (Å²) in [5.74, 6) is -2.79. The van der Waals surface area contributed by atoms with Gasteiger partial charge in [0.25, 0.3) is 5.92 Å². The van der Waals surface area contributed by atoms with Gasteiger partial charge in [-0.05, 0) is 12.1 Å². The molecule has 0 fully saturated rings. The summed E-state index contributed by atoms with van der Waals surface area (Å²) in [7, 11) is 0. The zero-order valence-electron chi connectivity index (χ0n) is 7.04. The third-order valence-corrected chi connectivity index (χ3v) is 1.90. The lowest BCUT2D eigenvalue weighted by Gasteiger charge is -2.10. The number of halogens is 2. The third-order valence-electron chi connectivity index (χ3n) is 1.90. The van der Waals surface area contributed by atoms with Crippen molar-refractivity contribution in [1.29, 1.82) is 0 Å². The first-order chi connectivity index (χ1) is 6.07. The Hall–Kier alpha value is -1.45. The Balaban J connectivity index is 2.61. The van der Waals surface area contributed by atoms with Crippen LogP contribution in [0.25, 0.3) is 5.65 Å². The maximum absolute atomic E-state index is 12.9. The Labute approximate surface area is 73.8 Å². The molecule has 0 aliphatic carbocycles. The van der Waals surface area contributed by atoms with E-state index in [-0.39, 0.29) is 5.56 Å². The van der Waals surface area contributed by atoms with Crippen molar-refractivity contribution in [3.05, 3.63) is 36.3 Å². The van der Waals surface area contributed by atoms with Crippen molar-refractivity contribution < 1.29 is 8.78 Å². The SMILES string of the molecule is CC(F)(F)c1ccc2nccn2c1. The van der Waals surface area contributed by atoms with Crippen LogP contribution in [-0.4, -0.2) is 9.38 Å². The Bertz CT molecular complexity index is 428. The van der Waals surface area contributed by atoms with Crippen molar-refractivity contribution in [2.24, 2.45) is 0 Å². The van der Waals surface area contributed by atoms with Gasteiger partial charge in [-0.1, -0.05) is 0 Å². The molecule has 13 heavy (non-hydrogen) atoms. The lowest BCUT2D eigenvalue weighted by molar-refractivity contribution is 0.0170. The minimum absolute atomic E-state index is 0.00185. The van der Waals surface area contributed by atoms with E-state index >= 15 is 0 Å². The Morgan fingerprint density at radius 3 is 2.85 bits per heavy atom. The van der Waals surface area contributed by atoms with Crippen molar-refractivity contribution in [1.82, 2.24) is 9.38 Å². The number of rotatable bonds is 1. The van der Waals surface area contributed by atoms with Gasteiger partial charge in [-0.25, -0.2) is 13.8 Å². The molecule has 0 aliphatic rings. The average Bonchev–Trinajstić information content (AvgIpc) is 2.47. The largest absolute Gasteiger partial charge is 0.307 e. The van der Waals surface area contributed by atoms with Gasteiger partial charge in [0.15, 0.2) is 0 Å². The molecule has 0 bridgehead atoms. The topological polar surface area (TPSA) is 17.3 Å². The van der Waals surface area contributed by atoms with Gasteiger partial charge in [-0.15, -0.1) is 0 Å². The zero-order valence-corrected chi connectivity index (χ0v) is 7.04. The number of pyridine rings is 1. The molecule has 4 heteroatoms. The van der Waals surface area contributed by atoms with Crippen LogP contribution in [0.5, 0.6) is 0 Å². The van der Waals surface area contributed by atoms with E-state index in [4.69, 9.17) is 0 Å². The molecule has 0 spiro atoms. The third kappa shape index (κ3) is 1.39. The van der Waals surface area contributed by atoms with E-state index in [2.05, 4.69) is 4.98 Å². The number of aromatic nitrogens is 2. The minimum Gasteiger partial charge on any atom is -0.307 e. The van der Waals surface area contributed by atoms with Crippen LogP contribution < -0.4 is 0 Å². The summed E-state index contributed by atoms with van der Waals surface area (Å²) in [6, 6.07) is 2.97. The van der Waals surface area contributed by atoms with Crippen LogP contribution in [0, 0.1) is 0 Å². The molecule has 0 aliphatic heterocycles. The molecule has 0 unspecified atom stereocenters. The lowest BCUT2D eigenvalue weighted by Crippen LogP contribution is -2.07. The maximum Gasteiger partial charge on any atom is 0.271 e. The second-order valence-electron chi connectivity index (χ2n) is 3.00. The molecule has 2 nitrogen and oxygen atoms in total. The van der Waals surface area contributed by atoms with Gasteiger partial charge in [0.05, 0.1) is 0 Å². The molecule has 0 amide bonds. The number of hydrogen-bond donors (Lipinski definition) is 0. The normalized spacial score (nSPS) is 12.2. The summed E-state index contributed by atoms with van der Waals surface area (Å²) >= 11 is 0. The van der Waals surface area contributed by atoms with Crippen LogP contribution in [0.2, 0.25) is 0 Å². The molecule has 0 N–H and O–H groups in total. The van der Waals surface area contributed by atoms with E-state index in [0.29, 0.717) is 5.65 Å².